The Labute approximate surface area is 214 Å². The summed E-state index contributed by atoms with van der Waals surface area (Å²) in [6.45, 7) is 3.51. The van der Waals surface area contributed by atoms with Crippen molar-refractivity contribution in [2.45, 2.75) is 18.4 Å². The lowest BCUT2D eigenvalue weighted by Crippen LogP contribution is -2.52. The largest absolute Gasteiger partial charge is 0.366 e. The molecular formula is C26H27BrFN3O3S. The second kappa shape index (κ2) is 10.9. The summed E-state index contributed by atoms with van der Waals surface area (Å²) in [6, 6.07) is 20.5. The van der Waals surface area contributed by atoms with Crippen LogP contribution in [0.15, 0.2) is 82.2 Å². The van der Waals surface area contributed by atoms with Crippen LogP contribution in [0.2, 0.25) is 0 Å². The van der Waals surface area contributed by atoms with Crippen LogP contribution in [0, 0.1) is 12.7 Å². The number of benzene rings is 3. The van der Waals surface area contributed by atoms with Gasteiger partial charge in [-0.15, -0.1) is 0 Å². The molecule has 3 aromatic rings. The Morgan fingerprint density at radius 1 is 0.943 bits per heavy atom. The number of halogens is 2. The van der Waals surface area contributed by atoms with Crippen LogP contribution < -0.4 is 4.90 Å². The minimum atomic E-state index is -3.91. The van der Waals surface area contributed by atoms with Gasteiger partial charge in [-0.1, -0.05) is 57.9 Å². The number of para-hydroxylation sites is 1. The molecule has 0 atom stereocenters. The van der Waals surface area contributed by atoms with Crippen molar-refractivity contribution < 1.29 is 17.6 Å². The van der Waals surface area contributed by atoms with E-state index in [4.69, 9.17) is 0 Å². The fourth-order valence-electron chi connectivity index (χ4n) is 4.03. The lowest BCUT2D eigenvalue weighted by molar-refractivity contribution is -0.131. The molecule has 0 aliphatic carbocycles. The highest BCUT2D eigenvalue weighted by atomic mass is 79.9. The summed E-state index contributed by atoms with van der Waals surface area (Å²) in [5.74, 6) is -0.567. The Kier molecular flexibility index (Phi) is 7.88. The van der Waals surface area contributed by atoms with Crippen LogP contribution in [-0.4, -0.2) is 56.3 Å². The van der Waals surface area contributed by atoms with E-state index in [1.165, 1.54) is 22.5 Å². The van der Waals surface area contributed by atoms with Gasteiger partial charge in [-0.3, -0.25) is 4.79 Å². The molecule has 0 saturated carbocycles. The summed E-state index contributed by atoms with van der Waals surface area (Å²) < 4.78 is 43.1. The zero-order valence-electron chi connectivity index (χ0n) is 19.4. The Balaban J connectivity index is 1.50. The van der Waals surface area contributed by atoms with Crippen molar-refractivity contribution in [1.82, 2.24) is 9.21 Å². The summed E-state index contributed by atoms with van der Waals surface area (Å²) in [5.41, 5.74) is 2.38. The maximum absolute atomic E-state index is 14.2. The van der Waals surface area contributed by atoms with Crippen LogP contribution in [0.4, 0.5) is 10.1 Å². The molecule has 1 amide bonds. The first-order valence-corrected chi connectivity index (χ1v) is 13.6. The van der Waals surface area contributed by atoms with Crippen LogP contribution in [0.25, 0.3) is 0 Å². The van der Waals surface area contributed by atoms with E-state index >= 15 is 0 Å². The molecule has 0 N–H and O–H groups in total. The summed E-state index contributed by atoms with van der Waals surface area (Å²) in [7, 11) is -3.91. The first-order valence-electron chi connectivity index (χ1n) is 11.3. The van der Waals surface area contributed by atoms with E-state index in [0.717, 1.165) is 15.6 Å². The number of aryl methyl sites for hydroxylation is 1. The molecule has 1 aliphatic heterocycles. The topological polar surface area (TPSA) is 60.9 Å². The fourth-order valence-corrected chi connectivity index (χ4v) is 5.68. The molecule has 0 radical (unpaired) electrons. The molecule has 9 heteroatoms. The lowest BCUT2D eigenvalue weighted by atomic mass is 10.1. The minimum absolute atomic E-state index is 0.0829. The van der Waals surface area contributed by atoms with E-state index in [2.05, 4.69) is 15.9 Å². The molecule has 184 valence electrons. The van der Waals surface area contributed by atoms with Crippen molar-refractivity contribution in [3.8, 4) is 0 Å². The number of carbonyl (C=O) groups excluding carboxylic acids is 1. The van der Waals surface area contributed by atoms with Gasteiger partial charge >= 0.3 is 0 Å². The van der Waals surface area contributed by atoms with Gasteiger partial charge in [0, 0.05) is 37.2 Å². The van der Waals surface area contributed by atoms with Gasteiger partial charge in [-0.25, -0.2) is 12.8 Å². The first-order chi connectivity index (χ1) is 16.7. The monoisotopic (exact) mass is 559 g/mol. The highest BCUT2D eigenvalue weighted by molar-refractivity contribution is 9.10. The summed E-state index contributed by atoms with van der Waals surface area (Å²) >= 11 is 3.33. The molecule has 6 nitrogen and oxygen atoms in total. The van der Waals surface area contributed by atoms with Gasteiger partial charge in [0.1, 0.15) is 5.82 Å². The average molecular weight is 560 g/mol. The number of sulfonamides is 1. The van der Waals surface area contributed by atoms with Crippen LogP contribution >= 0.6 is 15.9 Å². The average Bonchev–Trinajstić information content (AvgIpc) is 2.85. The van der Waals surface area contributed by atoms with Crippen molar-refractivity contribution >= 4 is 37.5 Å². The number of hydrogen-bond acceptors (Lipinski definition) is 4. The smallest absolute Gasteiger partial charge is 0.243 e. The van der Waals surface area contributed by atoms with Crippen LogP contribution in [-0.2, 0) is 21.4 Å². The second-order valence-electron chi connectivity index (χ2n) is 8.53. The number of amides is 1. The zero-order chi connectivity index (χ0) is 25.0. The van der Waals surface area contributed by atoms with Crippen molar-refractivity contribution in [3.05, 3.63) is 94.2 Å². The summed E-state index contributed by atoms with van der Waals surface area (Å²) in [6.07, 6.45) is 0. The Morgan fingerprint density at radius 2 is 1.57 bits per heavy atom. The molecule has 0 aromatic heterocycles. The molecule has 1 aliphatic rings. The zero-order valence-corrected chi connectivity index (χ0v) is 21.8. The summed E-state index contributed by atoms with van der Waals surface area (Å²) in [5, 5.41) is 0. The van der Waals surface area contributed by atoms with Crippen molar-refractivity contribution in [3.63, 3.8) is 0 Å². The minimum Gasteiger partial charge on any atom is -0.366 e. The van der Waals surface area contributed by atoms with Gasteiger partial charge in [-0.05, 0) is 48.9 Å². The predicted molar refractivity (Wildman–Crippen MR) is 138 cm³/mol. The molecule has 1 fully saturated rings. The van der Waals surface area contributed by atoms with Gasteiger partial charge in [0.15, 0.2) is 0 Å². The highest BCUT2D eigenvalue weighted by Crippen LogP contribution is 2.23. The van der Waals surface area contributed by atoms with E-state index in [9.17, 15) is 17.6 Å². The maximum atomic E-state index is 14.2. The van der Waals surface area contributed by atoms with E-state index < -0.39 is 10.0 Å². The lowest BCUT2D eigenvalue weighted by Gasteiger charge is -2.37. The summed E-state index contributed by atoms with van der Waals surface area (Å²) in [4.78, 5) is 16.9. The molecule has 3 aromatic carbocycles. The Bertz CT molecular complexity index is 1280. The number of piperazine rings is 1. The number of rotatable bonds is 7. The van der Waals surface area contributed by atoms with Crippen molar-refractivity contribution in [2.75, 3.05) is 37.6 Å². The maximum Gasteiger partial charge on any atom is 0.243 e. The molecule has 0 unspecified atom stereocenters. The third-order valence-corrected chi connectivity index (χ3v) is 8.40. The molecular weight excluding hydrogens is 533 g/mol. The quantitative estimate of drug-likeness (QED) is 0.429. The van der Waals surface area contributed by atoms with Crippen LogP contribution in [0.3, 0.4) is 0 Å². The van der Waals surface area contributed by atoms with Crippen LogP contribution in [0.5, 0.6) is 0 Å². The SMILES string of the molecule is Cc1ccc(CN(CC(=O)N2CCN(c3ccccc3F)CC2)S(=O)(=O)c2ccc(Br)cc2)cc1. The number of hydrogen-bond donors (Lipinski definition) is 0. The third kappa shape index (κ3) is 6.09. The number of carbonyl (C=O) groups is 1. The molecule has 1 heterocycles. The fraction of sp³-hybridized carbons (Fsp3) is 0.269. The van der Waals surface area contributed by atoms with E-state index in [1.807, 2.05) is 36.1 Å². The normalized spacial score (nSPS) is 14.4. The highest BCUT2D eigenvalue weighted by Gasteiger charge is 2.30. The molecule has 0 bridgehead atoms. The number of anilines is 1. The standard InChI is InChI=1S/C26H27BrFN3O3S/c1-20-6-8-21(9-7-20)18-31(35(33,34)23-12-10-22(27)11-13-23)19-26(32)30-16-14-29(15-17-30)25-5-3-2-4-24(25)28/h2-13H,14-19H2,1H3. The van der Waals surface area contributed by atoms with Gasteiger partial charge in [0.25, 0.3) is 0 Å². The third-order valence-electron chi connectivity index (χ3n) is 6.07. The van der Waals surface area contributed by atoms with E-state index in [1.54, 1.807) is 35.2 Å². The molecule has 1 saturated heterocycles. The second-order valence-corrected chi connectivity index (χ2v) is 11.4. The first kappa shape index (κ1) is 25.3. The van der Waals surface area contributed by atoms with Gasteiger partial charge in [0.2, 0.25) is 15.9 Å². The Hall–Kier alpha value is -2.75. The van der Waals surface area contributed by atoms with Gasteiger partial charge < -0.3 is 9.80 Å². The molecule has 4 rings (SSSR count). The van der Waals surface area contributed by atoms with Crippen molar-refractivity contribution in [2.24, 2.45) is 0 Å². The van der Waals surface area contributed by atoms with E-state index in [-0.39, 0.29) is 29.7 Å². The number of nitrogens with zero attached hydrogens (tertiary/aromatic N) is 3. The predicted octanol–water partition coefficient (Wildman–Crippen LogP) is 4.44. The Morgan fingerprint density at radius 3 is 2.20 bits per heavy atom. The van der Waals surface area contributed by atoms with Crippen molar-refractivity contribution in [1.29, 1.82) is 0 Å². The van der Waals surface area contributed by atoms with Crippen LogP contribution in [0.1, 0.15) is 11.1 Å². The molecule has 35 heavy (non-hydrogen) atoms. The molecule has 0 spiro atoms. The van der Waals surface area contributed by atoms with E-state index in [0.29, 0.717) is 31.9 Å². The van der Waals surface area contributed by atoms with Gasteiger partial charge in [0.05, 0.1) is 17.1 Å². The van der Waals surface area contributed by atoms with Gasteiger partial charge in [-0.2, -0.15) is 4.31 Å².